The van der Waals surface area contributed by atoms with Crippen molar-refractivity contribution in [1.29, 1.82) is 0 Å². The predicted octanol–water partition coefficient (Wildman–Crippen LogP) is 1.89. The summed E-state index contributed by atoms with van der Waals surface area (Å²) in [5, 5.41) is 14.0. The van der Waals surface area contributed by atoms with E-state index in [4.69, 9.17) is 16.7 Å². The van der Waals surface area contributed by atoms with Crippen LogP contribution in [0.1, 0.15) is 12.8 Å². The number of piperidine rings is 1. The van der Waals surface area contributed by atoms with Crippen LogP contribution in [-0.4, -0.2) is 44.8 Å². The van der Waals surface area contributed by atoms with Crippen molar-refractivity contribution in [3.05, 3.63) is 51.8 Å². The number of halogens is 1. The second kappa shape index (κ2) is 7.70. The van der Waals surface area contributed by atoms with E-state index in [0.29, 0.717) is 30.1 Å². The number of carboxylic acid groups (broad SMARTS) is 1. The van der Waals surface area contributed by atoms with Gasteiger partial charge in [-0.2, -0.15) is 5.10 Å². The highest BCUT2D eigenvalue weighted by molar-refractivity contribution is 6.30. The number of carboxylic acids is 1. The molecule has 26 heavy (non-hydrogen) atoms. The largest absolute Gasteiger partial charge is 0.481 e. The van der Waals surface area contributed by atoms with Crippen LogP contribution in [0.3, 0.4) is 0 Å². The van der Waals surface area contributed by atoms with Gasteiger partial charge in [-0.05, 0) is 31.0 Å². The van der Waals surface area contributed by atoms with Crippen LogP contribution in [0.25, 0.3) is 11.3 Å². The third kappa shape index (κ3) is 4.11. The Hall–Kier alpha value is -2.67. The lowest BCUT2D eigenvalue weighted by molar-refractivity contribution is -0.145. The molecule has 1 aliphatic rings. The van der Waals surface area contributed by atoms with Gasteiger partial charge in [-0.1, -0.05) is 23.7 Å². The first kappa shape index (κ1) is 18.1. The molecular formula is C18H18ClN3O4. The number of nitrogens with zero attached hydrogens (tertiary/aromatic N) is 3. The number of aromatic nitrogens is 2. The fraction of sp³-hybridized carbons (Fsp3) is 0.333. The molecule has 0 bridgehead atoms. The molecule has 2 heterocycles. The van der Waals surface area contributed by atoms with Crippen molar-refractivity contribution < 1.29 is 14.7 Å². The first-order valence-corrected chi connectivity index (χ1v) is 8.66. The molecule has 1 aromatic carbocycles. The maximum Gasteiger partial charge on any atom is 0.308 e. The molecule has 0 radical (unpaired) electrons. The van der Waals surface area contributed by atoms with Gasteiger partial charge in [0.1, 0.15) is 6.54 Å². The second-order valence-corrected chi connectivity index (χ2v) is 6.67. The van der Waals surface area contributed by atoms with Crippen molar-refractivity contribution in [2.45, 2.75) is 19.4 Å². The van der Waals surface area contributed by atoms with E-state index < -0.39 is 11.9 Å². The summed E-state index contributed by atoms with van der Waals surface area (Å²) in [5.41, 5.74) is 0.943. The van der Waals surface area contributed by atoms with E-state index in [1.54, 1.807) is 30.3 Å². The van der Waals surface area contributed by atoms with Gasteiger partial charge < -0.3 is 10.0 Å². The highest BCUT2D eigenvalue weighted by Crippen LogP contribution is 2.19. The summed E-state index contributed by atoms with van der Waals surface area (Å²) in [7, 11) is 0. The van der Waals surface area contributed by atoms with Crippen molar-refractivity contribution in [3.8, 4) is 11.3 Å². The molecule has 1 aromatic heterocycles. The third-order valence-corrected chi connectivity index (χ3v) is 4.67. The lowest BCUT2D eigenvalue weighted by atomic mass is 9.98. The van der Waals surface area contributed by atoms with Crippen LogP contribution < -0.4 is 5.56 Å². The minimum absolute atomic E-state index is 0.166. The van der Waals surface area contributed by atoms with E-state index in [2.05, 4.69) is 5.10 Å². The number of hydrogen-bond donors (Lipinski definition) is 1. The van der Waals surface area contributed by atoms with Gasteiger partial charge >= 0.3 is 5.97 Å². The number of carbonyl (C=O) groups excluding carboxylic acids is 1. The third-order valence-electron chi connectivity index (χ3n) is 4.41. The predicted molar refractivity (Wildman–Crippen MR) is 95.9 cm³/mol. The number of likely N-dealkylation sites (tertiary alicyclic amines) is 1. The number of aliphatic carboxylic acids is 1. The minimum Gasteiger partial charge on any atom is -0.481 e. The Balaban J connectivity index is 1.77. The summed E-state index contributed by atoms with van der Waals surface area (Å²) >= 11 is 5.88. The van der Waals surface area contributed by atoms with Crippen LogP contribution in [0, 0.1) is 5.92 Å². The summed E-state index contributed by atoms with van der Waals surface area (Å²) in [6.45, 7) is 0.445. The fourth-order valence-electron chi connectivity index (χ4n) is 2.97. The van der Waals surface area contributed by atoms with E-state index in [-0.39, 0.29) is 24.6 Å². The van der Waals surface area contributed by atoms with Crippen molar-refractivity contribution in [2.24, 2.45) is 5.92 Å². The maximum atomic E-state index is 12.5. The molecule has 3 rings (SSSR count). The van der Waals surface area contributed by atoms with E-state index in [1.807, 2.05) is 0 Å². The van der Waals surface area contributed by atoms with Crippen LogP contribution in [0.5, 0.6) is 0 Å². The first-order chi connectivity index (χ1) is 12.4. The van der Waals surface area contributed by atoms with Gasteiger partial charge in [-0.25, -0.2) is 4.68 Å². The Morgan fingerprint density at radius 3 is 2.62 bits per heavy atom. The minimum atomic E-state index is -0.900. The molecule has 0 spiro atoms. The SMILES string of the molecule is O=C(O)[C@@H]1CCCN(C(=O)Cn2nc(-c3ccc(Cl)cc3)ccc2=O)C1. The van der Waals surface area contributed by atoms with Gasteiger partial charge in [0.15, 0.2) is 0 Å². The van der Waals surface area contributed by atoms with Gasteiger partial charge in [0.05, 0.1) is 11.6 Å². The van der Waals surface area contributed by atoms with Crippen molar-refractivity contribution in [1.82, 2.24) is 14.7 Å². The van der Waals surface area contributed by atoms with Gasteiger partial charge in [0, 0.05) is 29.7 Å². The molecule has 1 amide bonds. The van der Waals surface area contributed by atoms with Crippen LogP contribution in [0.2, 0.25) is 5.02 Å². The van der Waals surface area contributed by atoms with Crippen LogP contribution in [0.15, 0.2) is 41.2 Å². The monoisotopic (exact) mass is 375 g/mol. The molecular weight excluding hydrogens is 358 g/mol. The molecule has 1 aliphatic heterocycles. The second-order valence-electron chi connectivity index (χ2n) is 6.24. The number of rotatable bonds is 4. The zero-order valence-electron chi connectivity index (χ0n) is 14.0. The summed E-state index contributed by atoms with van der Waals surface area (Å²) in [6, 6.07) is 9.96. The quantitative estimate of drug-likeness (QED) is 0.880. The maximum absolute atomic E-state index is 12.5. The Morgan fingerprint density at radius 2 is 1.92 bits per heavy atom. The summed E-state index contributed by atoms with van der Waals surface area (Å²) in [6.07, 6.45) is 1.19. The lowest BCUT2D eigenvalue weighted by Crippen LogP contribution is -2.44. The van der Waals surface area contributed by atoms with E-state index in [1.165, 1.54) is 11.0 Å². The zero-order chi connectivity index (χ0) is 18.7. The Morgan fingerprint density at radius 1 is 1.19 bits per heavy atom. The van der Waals surface area contributed by atoms with Crippen molar-refractivity contribution in [2.75, 3.05) is 13.1 Å². The molecule has 8 heteroatoms. The van der Waals surface area contributed by atoms with Crippen molar-refractivity contribution >= 4 is 23.5 Å². The zero-order valence-corrected chi connectivity index (χ0v) is 14.7. The van der Waals surface area contributed by atoms with E-state index in [0.717, 1.165) is 10.2 Å². The number of benzene rings is 1. The van der Waals surface area contributed by atoms with Gasteiger partial charge in [0.25, 0.3) is 5.56 Å². The normalized spacial score (nSPS) is 17.1. The van der Waals surface area contributed by atoms with Crippen LogP contribution in [0.4, 0.5) is 0 Å². The van der Waals surface area contributed by atoms with Crippen molar-refractivity contribution in [3.63, 3.8) is 0 Å². The lowest BCUT2D eigenvalue weighted by Gasteiger charge is -2.30. The highest BCUT2D eigenvalue weighted by Gasteiger charge is 2.28. The molecule has 0 unspecified atom stereocenters. The molecule has 0 aliphatic carbocycles. The first-order valence-electron chi connectivity index (χ1n) is 8.29. The van der Waals surface area contributed by atoms with Crippen LogP contribution >= 0.6 is 11.6 Å². The Kier molecular flexibility index (Phi) is 5.37. The standard InChI is InChI=1S/C18H18ClN3O4/c19-14-5-3-12(4-6-14)15-7-8-16(23)22(20-15)11-17(24)21-9-1-2-13(10-21)18(25)26/h3-8,13H,1-2,9-11H2,(H,25,26)/t13-/m1/s1. The summed E-state index contributed by atoms with van der Waals surface area (Å²) < 4.78 is 1.11. The fourth-order valence-corrected chi connectivity index (χ4v) is 3.10. The molecule has 1 atom stereocenters. The van der Waals surface area contributed by atoms with Gasteiger partial charge in [0.2, 0.25) is 5.91 Å². The topological polar surface area (TPSA) is 92.5 Å². The average Bonchev–Trinajstić information content (AvgIpc) is 2.64. The smallest absolute Gasteiger partial charge is 0.308 e. The molecule has 7 nitrogen and oxygen atoms in total. The van der Waals surface area contributed by atoms with E-state index >= 15 is 0 Å². The van der Waals surface area contributed by atoms with Gasteiger partial charge in [-0.3, -0.25) is 14.4 Å². The molecule has 1 fully saturated rings. The van der Waals surface area contributed by atoms with E-state index in [9.17, 15) is 14.4 Å². The van der Waals surface area contributed by atoms with Crippen LogP contribution in [-0.2, 0) is 16.1 Å². The molecule has 1 saturated heterocycles. The number of amides is 1. The summed E-state index contributed by atoms with van der Waals surface area (Å²) in [5.74, 6) is -1.76. The number of hydrogen-bond acceptors (Lipinski definition) is 4. The average molecular weight is 376 g/mol. The Labute approximate surface area is 154 Å². The molecule has 1 N–H and O–H groups in total. The molecule has 0 saturated carbocycles. The molecule has 136 valence electrons. The highest BCUT2D eigenvalue weighted by atomic mass is 35.5. The molecule has 2 aromatic rings. The Bertz CT molecular complexity index is 879. The van der Waals surface area contributed by atoms with Gasteiger partial charge in [-0.15, -0.1) is 0 Å². The number of carbonyl (C=O) groups is 2. The summed E-state index contributed by atoms with van der Waals surface area (Å²) in [4.78, 5) is 37.2.